The minimum Gasteiger partial charge on any atom is -0.496 e. The number of likely N-dealkylation sites (N-methyl/N-ethyl adjacent to an activating group) is 1. The van der Waals surface area contributed by atoms with Crippen molar-refractivity contribution in [2.45, 2.75) is 12.5 Å². The number of hydrogen-bond donors (Lipinski definition) is 1. The molecule has 1 atom stereocenters. The Morgan fingerprint density at radius 1 is 1.14 bits per heavy atom. The fourth-order valence-electron chi connectivity index (χ4n) is 2.29. The molecule has 0 saturated carbocycles. The Bertz CT molecular complexity index is 613. The average Bonchev–Trinajstić information content (AvgIpc) is 2.59. The third-order valence-corrected chi connectivity index (χ3v) is 3.63. The lowest BCUT2D eigenvalue weighted by atomic mass is 10.1. The van der Waals surface area contributed by atoms with Crippen molar-refractivity contribution in [2.75, 3.05) is 20.7 Å². The Morgan fingerprint density at radius 2 is 1.77 bits per heavy atom. The molecule has 2 aromatic carbocycles. The van der Waals surface area contributed by atoms with E-state index in [9.17, 15) is 9.90 Å². The normalized spacial score (nSPS) is 11.8. The first kappa shape index (κ1) is 16.0. The number of benzene rings is 2. The zero-order chi connectivity index (χ0) is 15.9. The van der Waals surface area contributed by atoms with Gasteiger partial charge in [0, 0.05) is 13.6 Å². The van der Waals surface area contributed by atoms with Gasteiger partial charge in [0.2, 0.25) is 0 Å². The smallest absolute Gasteiger partial charge is 0.255 e. The third kappa shape index (κ3) is 3.86. The Hall–Kier alpha value is -2.33. The molecular formula is C18H21NO3. The molecule has 0 bridgehead atoms. The van der Waals surface area contributed by atoms with Gasteiger partial charge >= 0.3 is 0 Å². The number of aliphatic hydroxyl groups excluding tert-OH is 1. The van der Waals surface area contributed by atoms with Gasteiger partial charge in [0.15, 0.2) is 6.10 Å². The maximum atomic E-state index is 12.3. The fourth-order valence-corrected chi connectivity index (χ4v) is 2.29. The summed E-state index contributed by atoms with van der Waals surface area (Å²) in [6.45, 7) is 0.517. The van der Waals surface area contributed by atoms with Gasteiger partial charge in [0.05, 0.1) is 7.11 Å². The minimum atomic E-state index is -1.12. The number of nitrogens with zero attached hydrogens (tertiary/aromatic N) is 1. The Labute approximate surface area is 131 Å². The van der Waals surface area contributed by atoms with Gasteiger partial charge in [-0.2, -0.15) is 0 Å². The number of para-hydroxylation sites is 1. The summed E-state index contributed by atoms with van der Waals surface area (Å²) >= 11 is 0. The van der Waals surface area contributed by atoms with E-state index in [0.717, 1.165) is 11.3 Å². The Morgan fingerprint density at radius 3 is 2.45 bits per heavy atom. The van der Waals surface area contributed by atoms with Crippen molar-refractivity contribution in [2.24, 2.45) is 0 Å². The summed E-state index contributed by atoms with van der Waals surface area (Å²) in [5.74, 6) is 0.507. The highest BCUT2D eigenvalue weighted by atomic mass is 16.5. The number of carbonyl (C=O) groups excluding carboxylic acids is 1. The highest BCUT2D eigenvalue weighted by Gasteiger charge is 2.21. The minimum absolute atomic E-state index is 0.305. The van der Waals surface area contributed by atoms with Crippen LogP contribution in [-0.4, -0.2) is 36.6 Å². The van der Waals surface area contributed by atoms with Gasteiger partial charge in [0.1, 0.15) is 5.75 Å². The molecule has 1 amide bonds. The molecule has 0 heterocycles. The second-order valence-corrected chi connectivity index (χ2v) is 5.13. The topological polar surface area (TPSA) is 49.8 Å². The first-order valence-electron chi connectivity index (χ1n) is 7.23. The van der Waals surface area contributed by atoms with Crippen molar-refractivity contribution < 1.29 is 14.6 Å². The first-order chi connectivity index (χ1) is 10.6. The fraction of sp³-hybridized carbons (Fsp3) is 0.278. The molecule has 0 spiro atoms. The van der Waals surface area contributed by atoms with E-state index in [4.69, 9.17) is 4.74 Å². The number of rotatable bonds is 6. The predicted octanol–water partition coefficient (Wildman–Crippen LogP) is 2.43. The van der Waals surface area contributed by atoms with Crippen LogP contribution in [0.2, 0.25) is 0 Å². The highest BCUT2D eigenvalue weighted by Crippen LogP contribution is 2.19. The summed E-state index contributed by atoms with van der Waals surface area (Å²) < 4.78 is 5.30. The van der Waals surface area contributed by atoms with Crippen LogP contribution in [0.3, 0.4) is 0 Å². The van der Waals surface area contributed by atoms with Crippen molar-refractivity contribution in [3.05, 3.63) is 65.7 Å². The molecular weight excluding hydrogens is 278 g/mol. The van der Waals surface area contributed by atoms with Crippen LogP contribution >= 0.6 is 0 Å². The van der Waals surface area contributed by atoms with Crippen LogP contribution in [0.15, 0.2) is 54.6 Å². The lowest BCUT2D eigenvalue weighted by Gasteiger charge is -2.21. The number of methoxy groups -OCH3 is 1. The van der Waals surface area contributed by atoms with Gasteiger partial charge in [-0.1, -0.05) is 48.5 Å². The molecule has 1 unspecified atom stereocenters. The van der Waals surface area contributed by atoms with E-state index in [1.807, 2.05) is 30.3 Å². The molecule has 2 rings (SSSR count). The maximum Gasteiger partial charge on any atom is 0.255 e. The molecule has 116 valence electrons. The monoisotopic (exact) mass is 299 g/mol. The quantitative estimate of drug-likeness (QED) is 0.891. The molecule has 4 heteroatoms. The summed E-state index contributed by atoms with van der Waals surface area (Å²) in [5, 5.41) is 10.1. The summed E-state index contributed by atoms with van der Waals surface area (Å²) in [6, 6.07) is 16.7. The molecule has 0 saturated heterocycles. The number of hydrogen-bond acceptors (Lipinski definition) is 3. The Kier molecular flexibility index (Phi) is 5.55. The summed E-state index contributed by atoms with van der Waals surface area (Å²) in [4.78, 5) is 13.8. The SMILES string of the molecule is COc1ccccc1CCN(C)C(=O)C(O)c1ccccc1. The van der Waals surface area contributed by atoms with Crippen LogP contribution in [0.4, 0.5) is 0 Å². The molecule has 0 aromatic heterocycles. The number of aliphatic hydroxyl groups is 1. The van der Waals surface area contributed by atoms with Crippen molar-refractivity contribution in [3.63, 3.8) is 0 Å². The van der Waals surface area contributed by atoms with Crippen LogP contribution < -0.4 is 4.74 Å². The molecule has 1 N–H and O–H groups in total. The highest BCUT2D eigenvalue weighted by molar-refractivity contribution is 5.81. The lowest BCUT2D eigenvalue weighted by molar-refractivity contribution is -0.139. The molecule has 0 aliphatic carbocycles. The van der Waals surface area contributed by atoms with Crippen LogP contribution in [0, 0.1) is 0 Å². The number of amides is 1. The second-order valence-electron chi connectivity index (χ2n) is 5.13. The molecule has 0 radical (unpaired) electrons. The summed E-state index contributed by atoms with van der Waals surface area (Å²) in [5.41, 5.74) is 1.65. The van der Waals surface area contributed by atoms with E-state index in [-0.39, 0.29) is 5.91 Å². The van der Waals surface area contributed by atoms with Gasteiger partial charge in [-0.15, -0.1) is 0 Å². The largest absolute Gasteiger partial charge is 0.496 e. The number of ether oxygens (including phenoxy) is 1. The molecule has 2 aromatic rings. The maximum absolute atomic E-state index is 12.3. The van der Waals surface area contributed by atoms with Crippen molar-refractivity contribution in [1.29, 1.82) is 0 Å². The van der Waals surface area contributed by atoms with Gasteiger partial charge < -0.3 is 14.7 Å². The van der Waals surface area contributed by atoms with Gasteiger partial charge in [-0.3, -0.25) is 4.79 Å². The van der Waals surface area contributed by atoms with Gasteiger partial charge in [-0.25, -0.2) is 0 Å². The van der Waals surface area contributed by atoms with Crippen molar-refractivity contribution in [3.8, 4) is 5.75 Å². The zero-order valence-corrected chi connectivity index (χ0v) is 12.9. The summed E-state index contributed by atoms with van der Waals surface area (Å²) in [6.07, 6.45) is -0.447. The van der Waals surface area contributed by atoms with Crippen LogP contribution in [0.25, 0.3) is 0 Å². The van der Waals surface area contributed by atoms with Crippen LogP contribution in [0.1, 0.15) is 17.2 Å². The first-order valence-corrected chi connectivity index (χ1v) is 7.23. The van der Waals surface area contributed by atoms with E-state index in [2.05, 4.69) is 0 Å². The summed E-state index contributed by atoms with van der Waals surface area (Å²) in [7, 11) is 3.33. The zero-order valence-electron chi connectivity index (χ0n) is 12.9. The van der Waals surface area contributed by atoms with Gasteiger partial charge in [-0.05, 0) is 23.6 Å². The number of carbonyl (C=O) groups is 1. The molecule has 22 heavy (non-hydrogen) atoms. The molecule has 0 aliphatic heterocycles. The lowest BCUT2D eigenvalue weighted by Crippen LogP contribution is -2.33. The predicted molar refractivity (Wildman–Crippen MR) is 85.7 cm³/mol. The van der Waals surface area contributed by atoms with E-state index in [1.165, 1.54) is 0 Å². The standard InChI is InChI=1S/C18H21NO3/c1-19(13-12-14-8-6-7-11-16(14)22-2)18(21)17(20)15-9-4-3-5-10-15/h3-11,17,20H,12-13H2,1-2H3. The van der Waals surface area contributed by atoms with Gasteiger partial charge in [0.25, 0.3) is 5.91 Å². The van der Waals surface area contributed by atoms with E-state index < -0.39 is 6.10 Å². The average molecular weight is 299 g/mol. The third-order valence-electron chi connectivity index (χ3n) is 3.63. The Balaban J connectivity index is 1.97. The van der Waals surface area contributed by atoms with E-state index >= 15 is 0 Å². The molecule has 0 fully saturated rings. The van der Waals surface area contributed by atoms with E-state index in [1.54, 1.807) is 43.3 Å². The van der Waals surface area contributed by atoms with Crippen LogP contribution in [0.5, 0.6) is 5.75 Å². The van der Waals surface area contributed by atoms with Crippen molar-refractivity contribution in [1.82, 2.24) is 4.90 Å². The molecule has 4 nitrogen and oxygen atoms in total. The van der Waals surface area contributed by atoms with Crippen molar-refractivity contribution >= 4 is 5.91 Å². The van der Waals surface area contributed by atoms with Crippen LogP contribution in [-0.2, 0) is 11.2 Å². The second kappa shape index (κ2) is 7.61. The molecule has 0 aliphatic rings. The van der Waals surface area contributed by atoms with E-state index in [0.29, 0.717) is 18.5 Å².